The van der Waals surface area contributed by atoms with Crippen molar-refractivity contribution in [3.63, 3.8) is 0 Å². The maximum Gasteiger partial charge on any atom is 0.123 e. The summed E-state index contributed by atoms with van der Waals surface area (Å²) in [7, 11) is 0. The first-order valence-electron chi connectivity index (χ1n) is 6.33. The topological polar surface area (TPSA) is 0 Å². The van der Waals surface area contributed by atoms with Crippen molar-refractivity contribution in [2.45, 2.75) is 0 Å². The highest BCUT2D eigenvalue weighted by Gasteiger charge is 2.04. The lowest BCUT2D eigenvalue weighted by atomic mass is 9.97. The van der Waals surface area contributed by atoms with Crippen molar-refractivity contribution in [2.24, 2.45) is 0 Å². The van der Waals surface area contributed by atoms with Gasteiger partial charge in [-0.15, -0.1) is 0 Å². The molecule has 0 aliphatic heterocycles. The van der Waals surface area contributed by atoms with Gasteiger partial charge in [-0.25, -0.2) is 4.39 Å². The average molecular weight is 246 g/mol. The van der Waals surface area contributed by atoms with E-state index in [-0.39, 0.29) is 5.82 Å². The van der Waals surface area contributed by atoms with Crippen molar-refractivity contribution in [1.82, 2.24) is 0 Å². The molecule has 4 aromatic carbocycles. The lowest BCUT2D eigenvalue weighted by Crippen LogP contribution is -1.81. The molecule has 0 unspecified atom stereocenters. The van der Waals surface area contributed by atoms with E-state index in [2.05, 4.69) is 36.4 Å². The summed E-state index contributed by atoms with van der Waals surface area (Å²) < 4.78 is 13.3. The molecule has 1 heteroatoms. The molecule has 0 saturated carbocycles. The zero-order valence-electron chi connectivity index (χ0n) is 10.2. The highest BCUT2D eigenvalue weighted by Crippen LogP contribution is 2.31. The van der Waals surface area contributed by atoms with Crippen molar-refractivity contribution in [3.05, 3.63) is 72.5 Å². The van der Waals surface area contributed by atoms with E-state index in [1.807, 2.05) is 18.2 Å². The maximum atomic E-state index is 13.3. The molecule has 0 atom stereocenters. The summed E-state index contributed by atoms with van der Waals surface area (Å²) in [5.74, 6) is -0.187. The summed E-state index contributed by atoms with van der Waals surface area (Å²) in [4.78, 5) is 0. The Morgan fingerprint density at radius 2 is 1.16 bits per heavy atom. The third-order valence-corrected chi connectivity index (χ3v) is 3.70. The van der Waals surface area contributed by atoms with Crippen LogP contribution < -0.4 is 0 Å². The van der Waals surface area contributed by atoms with E-state index in [9.17, 15) is 4.39 Å². The molecule has 0 amide bonds. The first-order chi connectivity index (χ1) is 9.33. The van der Waals surface area contributed by atoms with Crippen molar-refractivity contribution < 1.29 is 4.39 Å². The molecular formula is C18H11F. The lowest BCUT2D eigenvalue weighted by Gasteiger charge is -2.07. The molecule has 0 N–H and O–H groups in total. The number of rotatable bonds is 0. The van der Waals surface area contributed by atoms with Gasteiger partial charge in [0.1, 0.15) is 5.82 Å². The molecule has 0 heterocycles. The number of benzene rings is 4. The minimum atomic E-state index is -0.187. The van der Waals surface area contributed by atoms with Gasteiger partial charge in [0.25, 0.3) is 0 Å². The van der Waals surface area contributed by atoms with Gasteiger partial charge in [-0.2, -0.15) is 0 Å². The highest BCUT2D eigenvalue weighted by molar-refractivity contribution is 6.17. The Hall–Kier alpha value is -2.41. The summed E-state index contributed by atoms with van der Waals surface area (Å²) in [5, 5.41) is 6.92. The zero-order chi connectivity index (χ0) is 12.8. The van der Waals surface area contributed by atoms with E-state index in [0.29, 0.717) is 0 Å². The van der Waals surface area contributed by atoms with Crippen LogP contribution in [0.4, 0.5) is 4.39 Å². The highest BCUT2D eigenvalue weighted by atomic mass is 19.1. The van der Waals surface area contributed by atoms with Gasteiger partial charge in [0.2, 0.25) is 0 Å². The van der Waals surface area contributed by atoms with E-state index >= 15 is 0 Å². The maximum absolute atomic E-state index is 13.3. The van der Waals surface area contributed by atoms with Gasteiger partial charge in [-0.3, -0.25) is 0 Å². The predicted octanol–water partition coefficient (Wildman–Crippen LogP) is 5.29. The molecule has 0 bridgehead atoms. The molecule has 0 nitrogen and oxygen atoms in total. The van der Waals surface area contributed by atoms with Gasteiger partial charge in [0, 0.05) is 0 Å². The summed E-state index contributed by atoms with van der Waals surface area (Å²) >= 11 is 0. The second kappa shape index (κ2) is 3.79. The van der Waals surface area contributed by atoms with Crippen LogP contribution in [0.15, 0.2) is 66.7 Å². The summed E-state index contributed by atoms with van der Waals surface area (Å²) in [6.45, 7) is 0. The van der Waals surface area contributed by atoms with Crippen LogP contribution in [0.25, 0.3) is 32.3 Å². The van der Waals surface area contributed by atoms with Crippen molar-refractivity contribution in [1.29, 1.82) is 0 Å². The van der Waals surface area contributed by atoms with Gasteiger partial charge in [0.15, 0.2) is 0 Å². The quantitative estimate of drug-likeness (QED) is 0.370. The number of hydrogen-bond donors (Lipinski definition) is 0. The number of fused-ring (bicyclic) bond motifs is 5. The fourth-order valence-corrected chi connectivity index (χ4v) is 2.80. The molecule has 0 fully saturated rings. The monoisotopic (exact) mass is 246 g/mol. The van der Waals surface area contributed by atoms with E-state index < -0.39 is 0 Å². The first kappa shape index (κ1) is 10.5. The van der Waals surface area contributed by atoms with Crippen molar-refractivity contribution in [3.8, 4) is 0 Å². The Kier molecular flexibility index (Phi) is 2.10. The van der Waals surface area contributed by atoms with E-state index in [4.69, 9.17) is 0 Å². The minimum Gasteiger partial charge on any atom is -0.207 e. The molecule has 4 aromatic rings. The van der Waals surface area contributed by atoms with E-state index in [1.165, 1.54) is 27.6 Å². The third kappa shape index (κ3) is 1.52. The van der Waals surface area contributed by atoms with Gasteiger partial charge in [-0.1, -0.05) is 54.6 Å². The van der Waals surface area contributed by atoms with Crippen molar-refractivity contribution in [2.75, 3.05) is 0 Å². The van der Waals surface area contributed by atoms with Crippen LogP contribution in [0.1, 0.15) is 0 Å². The van der Waals surface area contributed by atoms with Crippen LogP contribution in [-0.4, -0.2) is 0 Å². The fraction of sp³-hybridized carbons (Fsp3) is 0. The Balaban J connectivity index is 2.26. The summed E-state index contributed by atoms with van der Waals surface area (Å²) in [6.07, 6.45) is 0. The number of halogens is 1. The van der Waals surface area contributed by atoms with Gasteiger partial charge in [0.05, 0.1) is 0 Å². The van der Waals surface area contributed by atoms with Crippen molar-refractivity contribution >= 4 is 32.3 Å². The molecule has 19 heavy (non-hydrogen) atoms. The summed E-state index contributed by atoms with van der Waals surface area (Å²) in [5.41, 5.74) is 0. The molecule has 0 radical (unpaired) electrons. The van der Waals surface area contributed by atoms with Crippen LogP contribution >= 0.6 is 0 Å². The molecule has 4 rings (SSSR count). The minimum absolute atomic E-state index is 0.187. The molecule has 0 aliphatic carbocycles. The SMILES string of the molecule is Fc1ccc2c(ccc3c4ccccc4ccc23)c1. The molecule has 90 valence electrons. The Bertz CT molecular complexity index is 922. The standard InChI is InChI=1S/C18H11F/c19-14-7-10-16-13(11-14)6-9-17-15-4-2-1-3-12(15)5-8-18(16)17/h1-11H. The fourth-order valence-electron chi connectivity index (χ4n) is 2.80. The van der Waals surface area contributed by atoms with Crippen LogP contribution in [-0.2, 0) is 0 Å². The Labute approximate surface area is 110 Å². The Morgan fingerprint density at radius 3 is 2.00 bits per heavy atom. The molecule has 0 spiro atoms. The molecule has 0 saturated heterocycles. The van der Waals surface area contributed by atoms with Crippen LogP contribution in [0, 0.1) is 5.82 Å². The number of hydrogen-bond acceptors (Lipinski definition) is 0. The average Bonchev–Trinajstić information content (AvgIpc) is 2.46. The second-order valence-electron chi connectivity index (χ2n) is 4.81. The first-order valence-corrected chi connectivity index (χ1v) is 6.33. The second-order valence-corrected chi connectivity index (χ2v) is 4.81. The van der Waals surface area contributed by atoms with Crippen LogP contribution in [0.2, 0.25) is 0 Å². The van der Waals surface area contributed by atoms with Crippen LogP contribution in [0.5, 0.6) is 0 Å². The van der Waals surface area contributed by atoms with Crippen LogP contribution in [0.3, 0.4) is 0 Å². The normalized spacial score (nSPS) is 11.4. The van der Waals surface area contributed by atoms with Gasteiger partial charge >= 0.3 is 0 Å². The smallest absolute Gasteiger partial charge is 0.123 e. The predicted molar refractivity (Wildman–Crippen MR) is 78.9 cm³/mol. The molecule has 0 aliphatic rings. The Morgan fingerprint density at radius 1 is 0.526 bits per heavy atom. The largest absolute Gasteiger partial charge is 0.207 e. The van der Waals surface area contributed by atoms with Gasteiger partial charge < -0.3 is 0 Å². The zero-order valence-corrected chi connectivity index (χ0v) is 10.2. The third-order valence-electron chi connectivity index (χ3n) is 3.70. The lowest BCUT2D eigenvalue weighted by molar-refractivity contribution is 0.630. The summed E-state index contributed by atoms with van der Waals surface area (Å²) in [6, 6.07) is 21.6. The van der Waals surface area contributed by atoms with E-state index in [1.54, 1.807) is 6.07 Å². The van der Waals surface area contributed by atoms with Gasteiger partial charge in [-0.05, 0) is 44.5 Å². The molecular weight excluding hydrogens is 235 g/mol. The van der Waals surface area contributed by atoms with E-state index in [0.717, 1.165) is 10.8 Å². The molecule has 0 aromatic heterocycles.